The number of ether oxygens (including phenoxy) is 1. The molecule has 0 unspecified atom stereocenters. The molecule has 1 saturated heterocycles. The number of nitrogens with one attached hydrogen (secondary N) is 1. The molecule has 1 aliphatic rings. The average Bonchev–Trinajstić information content (AvgIpc) is 3.04. The first-order chi connectivity index (χ1) is 10.2. The van der Waals surface area contributed by atoms with Crippen LogP contribution >= 0.6 is 0 Å². The van der Waals surface area contributed by atoms with E-state index in [0.717, 1.165) is 44.1 Å². The molecule has 0 aliphatic carbocycles. The molecule has 1 aromatic rings. The van der Waals surface area contributed by atoms with Gasteiger partial charge in [0, 0.05) is 25.7 Å². The number of piperidine rings is 1. The zero-order chi connectivity index (χ0) is 15.1. The van der Waals surface area contributed by atoms with Gasteiger partial charge in [-0.2, -0.15) is 0 Å². The summed E-state index contributed by atoms with van der Waals surface area (Å²) in [5.74, 6) is 0.743. The predicted molar refractivity (Wildman–Crippen MR) is 77.6 cm³/mol. The van der Waals surface area contributed by atoms with Crippen LogP contribution < -0.4 is 5.32 Å². The zero-order valence-electron chi connectivity index (χ0n) is 12.5. The van der Waals surface area contributed by atoms with Crippen LogP contribution in [0.25, 0.3) is 0 Å². The highest BCUT2D eigenvalue weighted by Crippen LogP contribution is 2.18. The van der Waals surface area contributed by atoms with Gasteiger partial charge < -0.3 is 19.5 Å². The molecule has 2 rings (SSSR count). The van der Waals surface area contributed by atoms with E-state index >= 15 is 0 Å². The van der Waals surface area contributed by atoms with Crippen LogP contribution in [-0.4, -0.2) is 48.7 Å². The molecule has 0 radical (unpaired) electrons. The largest absolute Gasteiger partial charge is 0.469 e. The first-order valence-corrected chi connectivity index (χ1v) is 7.25. The van der Waals surface area contributed by atoms with Gasteiger partial charge in [0.1, 0.15) is 12.0 Å². The van der Waals surface area contributed by atoms with E-state index in [1.165, 1.54) is 7.11 Å². The number of carbonyl (C=O) groups excluding carboxylic acids is 1. The van der Waals surface area contributed by atoms with E-state index in [0.29, 0.717) is 6.54 Å². The van der Waals surface area contributed by atoms with Crippen molar-refractivity contribution in [2.75, 3.05) is 26.7 Å². The van der Waals surface area contributed by atoms with Crippen molar-refractivity contribution >= 4 is 11.9 Å². The minimum absolute atomic E-state index is 0.00432. The van der Waals surface area contributed by atoms with E-state index in [2.05, 4.69) is 20.4 Å². The van der Waals surface area contributed by atoms with Crippen molar-refractivity contribution in [2.24, 2.45) is 10.9 Å². The lowest BCUT2D eigenvalue weighted by Crippen LogP contribution is -2.46. The Morgan fingerprint density at radius 2 is 2.33 bits per heavy atom. The summed E-state index contributed by atoms with van der Waals surface area (Å²) in [6, 6.07) is 1.80. The topological polar surface area (TPSA) is 80.0 Å². The van der Waals surface area contributed by atoms with E-state index in [1.807, 2.05) is 6.92 Å². The van der Waals surface area contributed by atoms with E-state index < -0.39 is 0 Å². The van der Waals surface area contributed by atoms with Crippen LogP contribution in [0.15, 0.2) is 21.8 Å². The van der Waals surface area contributed by atoms with Crippen molar-refractivity contribution in [3.05, 3.63) is 18.0 Å². The number of hydrogen-bond donors (Lipinski definition) is 1. The lowest BCUT2D eigenvalue weighted by atomic mass is 9.97. The van der Waals surface area contributed by atoms with E-state index in [9.17, 15) is 4.79 Å². The number of aromatic nitrogens is 1. The summed E-state index contributed by atoms with van der Waals surface area (Å²) in [6.07, 6.45) is 3.13. The van der Waals surface area contributed by atoms with Gasteiger partial charge in [-0.3, -0.25) is 4.79 Å². The molecule has 0 spiro atoms. The van der Waals surface area contributed by atoms with Crippen molar-refractivity contribution < 1.29 is 14.1 Å². The quantitative estimate of drug-likeness (QED) is 0.507. The minimum atomic E-state index is -0.112. The van der Waals surface area contributed by atoms with Crippen molar-refractivity contribution in [3.63, 3.8) is 0 Å². The molecule has 1 aliphatic heterocycles. The lowest BCUT2D eigenvalue weighted by Gasteiger charge is -2.33. The van der Waals surface area contributed by atoms with Gasteiger partial charge in [0.25, 0.3) is 0 Å². The SMILES string of the molecule is CCNC(=NCc1ccon1)N1CCC(C(=O)OC)CC1. The van der Waals surface area contributed by atoms with Crippen molar-refractivity contribution in [1.29, 1.82) is 0 Å². The minimum Gasteiger partial charge on any atom is -0.469 e. The third-order valence-electron chi connectivity index (χ3n) is 3.55. The summed E-state index contributed by atoms with van der Waals surface area (Å²) < 4.78 is 9.61. The summed E-state index contributed by atoms with van der Waals surface area (Å²) in [4.78, 5) is 18.3. The van der Waals surface area contributed by atoms with Crippen LogP contribution in [0.3, 0.4) is 0 Å². The molecule has 1 aromatic heterocycles. The Kier molecular flexibility index (Phi) is 5.59. The number of likely N-dealkylation sites (tertiary alicyclic amines) is 1. The fraction of sp³-hybridized carbons (Fsp3) is 0.643. The molecule has 116 valence electrons. The Morgan fingerprint density at radius 3 is 2.90 bits per heavy atom. The number of nitrogens with zero attached hydrogens (tertiary/aromatic N) is 3. The maximum absolute atomic E-state index is 11.5. The molecule has 1 fully saturated rings. The molecular weight excluding hydrogens is 272 g/mol. The number of methoxy groups -OCH3 is 1. The fourth-order valence-corrected chi connectivity index (χ4v) is 2.39. The van der Waals surface area contributed by atoms with Crippen LogP contribution in [0.1, 0.15) is 25.5 Å². The molecular formula is C14H22N4O3. The number of aliphatic imine (C=N–C) groups is 1. The first-order valence-electron chi connectivity index (χ1n) is 7.25. The number of esters is 1. The van der Waals surface area contributed by atoms with Gasteiger partial charge in [0.2, 0.25) is 0 Å². The van der Waals surface area contributed by atoms with Crippen molar-refractivity contribution in [3.8, 4) is 0 Å². The van der Waals surface area contributed by atoms with Crippen LogP contribution in [0, 0.1) is 5.92 Å². The molecule has 21 heavy (non-hydrogen) atoms. The predicted octanol–water partition coefficient (Wildman–Crippen LogP) is 1.03. The van der Waals surface area contributed by atoms with Crippen LogP contribution in [-0.2, 0) is 16.1 Å². The van der Waals surface area contributed by atoms with Crippen molar-refractivity contribution in [2.45, 2.75) is 26.3 Å². The highest BCUT2D eigenvalue weighted by molar-refractivity contribution is 5.80. The molecule has 0 aromatic carbocycles. The highest BCUT2D eigenvalue weighted by atomic mass is 16.5. The molecule has 7 heteroatoms. The van der Waals surface area contributed by atoms with Crippen LogP contribution in [0.4, 0.5) is 0 Å². The van der Waals surface area contributed by atoms with E-state index in [1.54, 1.807) is 12.3 Å². The Morgan fingerprint density at radius 1 is 1.57 bits per heavy atom. The lowest BCUT2D eigenvalue weighted by molar-refractivity contribution is -0.146. The number of hydrogen-bond acceptors (Lipinski definition) is 5. The Hall–Kier alpha value is -2.05. The third kappa shape index (κ3) is 4.21. The molecule has 0 bridgehead atoms. The molecule has 0 atom stereocenters. The second kappa shape index (κ2) is 7.66. The number of guanidine groups is 1. The van der Waals surface area contributed by atoms with Crippen LogP contribution in [0.2, 0.25) is 0 Å². The molecule has 0 saturated carbocycles. The highest BCUT2D eigenvalue weighted by Gasteiger charge is 2.26. The molecule has 0 amide bonds. The zero-order valence-corrected chi connectivity index (χ0v) is 12.5. The van der Waals surface area contributed by atoms with Gasteiger partial charge in [-0.25, -0.2) is 4.99 Å². The van der Waals surface area contributed by atoms with Gasteiger partial charge in [-0.15, -0.1) is 0 Å². The Balaban J connectivity index is 1.93. The monoisotopic (exact) mass is 294 g/mol. The van der Waals surface area contributed by atoms with Gasteiger partial charge in [0.15, 0.2) is 5.96 Å². The average molecular weight is 294 g/mol. The second-order valence-electron chi connectivity index (χ2n) is 4.95. The van der Waals surface area contributed by atoms with Gasteiger partial charge in [-0.05, 0) is 19.8 Å². The maximum atomic E-state index is 11.5. The number of carbonyl (C=O) groups is 1. The maximum Gasteiger partial charge on any atom is 0.308 e. The first kappa shape index (κ1) is 15.3. The Labute approximate surface area is 124 Å². The summed E-state index contributed by atoms with van der Waals surface area (Å²) in [5, 5.41) is 7.12. The Bertz CT molecular complexity index is 465. The standard InChI is InChI=1S/C14H22N4O3/c1-3-15-14(16-10-12-6-9-21-17-12)18-7-4-11(5-8-18)13(19)20-2/h6,9,11H,3-5,7-8,10H2,1-2H3,(H,15,16). The molecule has 7 nitrogen and oxygen atoms in total. The van der Waals surface area contributed by atoms with E-state index in [4.69, 9.17) is 9.26 Å². The summed E-state index contributed by atoms with van der Waals surface area (Å²) in [6.45, 7) is 4.91. The molecule has 2 heterocycles. The smallest absolute Gasteiger partial charge is 0.308 e. The fourth-order valence-electron chi connectivity index (χ4n) is 2.39. The summed E-state index contributed by atoms with van der Waals surface area (Å²) in [5.41, 5.74) is 0.801. The van der Waals surface area contributed by atoms with Gasteiger partial charge in [0.05, 0.1) is 19.6 Å². The molecule has 1 N–H and O–H groups in total. The summed E-state index contributed by atoms with van der Waals surface area (Å²) >= 11 is 0. The van der Waals surface area contributed by atoms with Crippen LogP contribution in [0.5, 0.6) is 0 Å². The summed E-state index contributed by atoms with van der Waals surface area (Å²) in [7, 11) is 1.44. The van der Waals surface area contributed by atoms with E-state index in [-0.39, 0.29) is 11.9 Å². The second-order valence-corrected chi connectivity index (χ2v) is 4.95. The normalized spacial score (nSPS) is 16.9. The van der Waals surface area contributed by atoms with Crippen molar-refractivity contribution in [1.82, 2.24) is 15.4 Å². The van der Waals surface area contributed by atoms with Gasteiger partial charge in [-0.1, -0.05) is 5.16 Å². The number of rotatable bonds is 4. The third-order valence-corrected chi connectivity index (χ3v) is 3.55. The van der Waals surface area contributed by atoms with Gasteiger partial charge >= 0.3 is 5.97 Å².